The van der Waals surface area contributed by atoms with Crippen molar-refractivity contribution >= 4 is 39.5 Å². The van der Waals surface area contributed by atoms with Crippen LogP contribution in [0, 0.1) is 17.8 Å². The fourth-order valence-corrected chi connectivity index (χ4v) is 15.7. The number of ether oxygens (including phenoxy) is 4. The maximum absolute atomic E-state index is 13.2. The molecule has 0 aromatic heterocycles. The van der Waals surface area contributed by atoms with E-state index >= 15 is 0 Å². The second kappa shape index (κ2) is 80.8. The fraction of sp³-hybridized carbons (Fsp3) is 0.956. The van der Waals surface area contributed by atoms with Crippen molar-refractivity contribution in [3.63, 3.8) is 0 Å². The standard InChI is InChI=1S/C91H178O17P2/c1-8-12-13-14-15-51-58-65-72-88(93)101-78-86(107-90(95)75-68-61-54-47-41-35-29-28-32-38-44-50-57-64-71-84(7)11-4)80-105-109(97,98)103-76-85(92)77-104-110(99,100)106-81-87(108-91(96)74-67-60-53-46-40-34-27-23-19-17-21-25-31-37-43-49-56-63-70-83(6)10-3)79-102-89(94)73-66-59-52-45-39-33-26-22-18-16-20-24-30-36-42-48-55-62-69-82(5)9-2/h82-87,92H,8-81H2,1-7H3,(H,97,98)(H,99,100)/t82?,83?,84?,85-,86+,87+/m0/s1. The first-order valence-electron chi connectivity index (χ1n) is 47.0. The Balaban J connectivity index is 5.18. The minimum atomic E-state index is -4.97. The van der Waals surface area contributed by atoms with E-state index in [-0.39, 0.29) is 25.7 Å². The molecule has 0 aromatic carbocycles. The minimum absolute atomic E-state index is 0.108. The third-order valence-corrected chi connectivity index (χ3v) is 24.4. The molecule has 0 amide bonds. The molecule has 0 rings (SSSR count). The number of aliphatic hydroxyl groups excluding tert-OH is 1. The van der Waals surface area contributed by atoms with Crippen molar-refractivity contribution in [1.29, 1.82) is 0 Å². The molecule has 0 heterocycles. The van der Waals surface area contributed by atoms with Crippen LogP contribution in [0.3, 0.4) is 0 Å². The van der Waals surface area contributed by atoms with E-state index in [0.717, 1.165) is 114 Å². The Labute approximate surface area is 677 Å². The number of hydrogen-bond donors (Lipinski definition) is 3. The van der Waals surface area contributed by atoms with E-state index in [9.17, 15) is 43.2 Å². The number of unbranched alkanes of at least 4 members (excludes halogenated alkanes) is 54. The molecular weight excluding hydrogens is 1430 g/mol. The molecule has 0 bridgehead atoms. The molecule has 0 fully saturated rings. The highest BCUT2D eigenvalue weighted by Crippen LogP contribution is 2.45. The molecule has 0 aliphatic rings. The van der Waals surface area contributed by atoms with E-state index in [1.807, 2.05) is 0 Å². The van der Waals surface area contributed by atoms with Crippen molar-refractivity contribution in [3.05, 3.63) is 0 Å². The van der Waals surface area contributed by atoms with Gasteiger partial charge in [0, 0.05) is 25.7 Å². The Kier molecular flexibility index (Phi) is 79.4. The number of aliphatic hydroxyl groups is 1. The summed E-state index contributed by atoms with van der Waals surface area (Å²) >= 11 is 0. The highest BCUT2D eigenvalue weighted by atomic mass is 31.2. The maximum atomic E-state index is 13.2. The number of esters is 4. The molecule has 654 valence electrons. The highest BCUT2D eigenvalue weighted by molar-refractivity contribution is 7.47. The summed E-state index contributed by atoms with van der Waals surface area (Å²) in [6.45, 7) is 12.2. The summed E-state index contributed by atoms with van der Waals surface area (Å²) in [7, 11) is -9.93. The van der Waals surface area contributed by atoms with Gasteiger partial charge in [0.15, 0.2) is 12.2 Å². The van der Waals surface area contributed by atoms with Crippen LogP contribution in [0.15, 0.2) is 0 Å². The Morgan fingerprint density at radius 2 is 0.436 bits per heavy atom. The SMILES string of the molecule is CCCCCCCCCCC(=O)OC[C@H](COP(=O)(O)OC[C@H](O)COP(=O)(O)OC[C@@H](COC(=O)CCCCCCCCCCCCCCCCCCCCC(C)CC)OC(=O)CCCCCCCCCCCCCCCCCCCCC(C)CC)OC(=O)CCCCCCCCCCCCCCCCC(C)CC. The van der Waals surface area contributed by atoms with Gasteiger partial charge < -0.3 is 33.8 Å². The molecule has 0 aromatic rings. The van der Waals surface area contributed by atoms with Crippen LogP contribution in [0.1, 0.15) is 485 Å². The van der Waals surface area contributed by atoms with Crippen LogP contribution >= 0.6 is 15.6 Å². The number of carbonyl (C=O) groups excluding carboxylic acids is 4. The van der Waals surface area contributed by atoms with Crippen LogP contribution in [-0.2, 0) is 65.4 Å². The van der Waals surface area contributed by atoms with Crippen LogP contribution in [0.4, 0.5) is 0 Å². The predicted molar refractivity (Wildman–Crippen MR) is 455 cm³/mol. The van der Waals surface area contributed by atoms with Gasteiger partial charge in [0.05, 0.1) is 26.4 Å². The molecule has 19 heteroatoms. The lowest BCUT2D eigenvalue weighted by Gasteiger charge is -2.21. The van der Waals surface area contributed by atoms with Gasteiger partial charge >= 0.3 is 39.5 Å². The zero-order valence-corrected chi connectivity index (χ0v) is 74.5. The monoisotopic (exact) mass is 1610 g/mol. The number of phosphoric ester groups is 2. The maximum Gasteiger partial charge on any atom is 0.472 e. The molecule has 0 saturated carbocycles. The summed E-state index contributed by atoms with van der Waals surface area (Å²) in [4.78, 5) is 73.3. The summed E-state index contributed by atoms with van der Waals surface area (Å²) in [5.41, 5.74) is 0. The van der Waals surface area contributed by atoms with Crippen LogP contribution in [0.2, 0.25) is 0 Å². The van der Waals surface area contributed by atoms with Gasteiger partial charge in [-0.05, 0) is 43.4 Å². The predicted octanol–water partition coefficient (Wildman–Crippen LogP) is 28.0. The average Bonchev–Trinajstić information content (AvgIpc) is 0.898. The van der Waals surface area contributed by atoms with Crippen molar-refractivity contribution in [2.45, 2.75) is 503 Å². The molecule has 0 aliphatic heterocycles. The van der Waals surface area contributed by atoms with Crippen LogP contribution < -0.4 is 0 Å². The normalized spacial score (nSPS) is 14.5. The summed E-state index contributed by atoms with van der Waals surface area (Å²) < 4.78 is 69.0. The zero-order chi connectivity index (χ0) is 80.8. The van der Waals surface area contributed by atoms with Gasteiger partial charge in [-0.3, -0.25) is 37.3 Å². The fourth-order valence-electron chi connectivity index (χ4n) is 14.2. The van der Waals surface area contributed by atoms with Crippen LogP contribution in [0.5, 0.6) is 0 Å². The first-order valence-corrected chi connectivity index (χ1v) is 50.0. The lowest BCUT2D eigenvalue weighted by atomic mass is 9.99. The van der Waals surface area contributed by atoms with E-state index in [1.54, 1.807) is 0 Å². The van der Waals surface area contributed by atoms with Crippen molar-refractivity contribution in [2.75, 3.05) is 39.6 Å². The van der Waals surface area contributed by atoms with Crippen LogP contribution in [0.25, 0.3) is 0 Å². The minimum Gasteiger partial charge on any atom is -0.462 e. The summed E-state index contributed by atoms with van der Waals surface area (Å²) in [6, 6.07) is 0. The Morgan fingerprint density at radius 3 is 0.645 bits per heavy atom. The highest BCUT2D eigenvalue weighted by Gasteiger charge is 2.31. The topological polar surface area (TPSA) is 237 Å². The molecule has 5 unspecified atom stereocenters. The first kappa shape index (κ1) is 108. The molecule has 3 N–H and O–H groups in total. The van der Waals surface area contributed by atoms with Gasteiger partial charge in [-0.25, -0.2) is 9.13 Å². The van der Waals surface area contributed by atoms with Gasteiger partial charge in [0.25, 0.3) is 0 Å². The van der Waals surface area contributed by atoms with Gasteiger partial charge in [-0.1, -0.05) is 434 Å². The third kappa shape index (κ3) is 79.9. The second-order valence-corrected chi connectivity index (χ2v) is 36.3. The summed E-state index contributed by atoms with van der Waals surface area (Å²) in [5, 5.41) is 10.7. The Hall–Kier alpha value is -1.94. The lowest BCUT2D eigenvalue weighted by Crippen LogP contribution is -2.30. The number of rotatable bonds is 89. The van der Waals surface area contributed by atoms with Gasteiger partial charge in [0.2, 0.25) is 0 Å². The van der Waals surface area contributed by atoms with Crippen LogP contribution in [-0.4, -0.2) is 96.7 Å². The second-order valence-electron chi connectivity index (χ2n) is 33.4. The molecule has 0 radical (unpaired) electrons. The molecule has 0 saturated heterocycles. The number of carbonyl (C=O) groups is 4. The lowest BCUT2D eigenvalue weighted by molar-refractivity contribution is -0.161. The average molecular weight is 1610 g/mol. The molecule has 17 nitrogen and oxygen atoms in total. The van der Waals surface area contributed by atoms with Gasteiger partial charge in [0.1, 0.15) is 19.3 Å². The zero-order valence-electron chi connectivity index (χ0n) is 72.7. The van der Waals surface area contributed by atoms with Crippen molar-refractivity contribution in [1.82, 2.24) is 0 Å². The summed E-state index contributed by atoms with van der Waals surface area (Å²) in [5.74, 6) is 0.489. The van der Waals surface area contributed by atoms with E-state index < -0.39 is 97.5 Å². The van der Waals surface area contributed by atoms with Crippen molar-refractivity contribution < 1.29 is 80.2 Å². The number of hydrogen-bond acceptors (Lipinski definition) is 15. The molecule has 110 heavy (non-hydrogen) atoms. The Bertz CT molecular complexity index is 2120. The smallest absolute Gasteiger partial charge is 0.462 e. The van der Waals surface area contributed by atoms with Gasteiger partial charge in [-0.2, -0.15) is 0 Å². The molecular formula is C91H178O17P2. The van der Waals surface area contributed by atoms with Crippen molar-refractivity contribution in [2.24, 2.45) is 17.8 Å². The third-order valence-electron chi connectivity index (χ3n) is 22.5. The Morgan fingerprint density at radius 1 is 0.255 bits per heavy atom. The molecule has 8 atom stereocenters. The quantitative estimate of drug-likeness (QED) is 0.0222. The van der Waals surface area contributed by atoms with Crippen molar-refractivity contribution in [3.8, 4) is 0 Å². The molecule has 0 spiro atoms. The van der Waals surface area contributed by atoms with Gasteiger partial charge in [-0.15, -0.1) is 0 Å². The van der Waals surface area contributed by atoms with E-state index in [0.29, 0.717) is 25.7 Å². The molecule has 0 aliphatic carbocycles. The first-order chi connectivity index (χ1) is 53.3. The largest absolute Gasteiger partial charge is 0.472 e. The van der Waals surface area contributed by atoms with E-state index in [2.05, 4.69) is 48.5 Å². The van der Waals surface area contributed by atoms with E-state index in [1.165, 1.54) is 289 Å². The van der Waals surface area contributed by atoms with E-state index in [4.69, 9.17) is 37.0 Å². The number of phosphoric acid groups is 2. The summed E-state index contributed by atoms with van der Waals surface area (Å²) in [6.07, 6.45) is 73.6.